The highest BCUT2D eigenvalue weighted by Crippen LogP contribution is 2.41. The Bertz CT molecular complexity index is 1580. The molecule has 34 heavy (non-hydrogen) atoms. The molecule has 4 aromatic rings. The maximum absolute atomic E-state index is 12.9. The van der Waals surface area contributed by atoms with Crippen LogP contribution in [0.3, 0.4) is 0 Å². The summed E-state index contributed by atoms with van der Waals surface area (Å²) in [7, 11) is -3.92. The highest BCUT2D eigenvalue weighted by Gasteiger charge is 2.31. The molecule has 1 aliphatic carbocycles. The number of rotatable bonds is 3. The van der Waals surface area contributed by atoms with Gasteiger partial charge in [0, 0.05) is 35.1 Å². The number of nitrogens with two attached hydrogens (primary N) is 1. The fourth-order valence-electron chi connectivity index (χ4n) is 3.50. The van der Waals surface area contributed by atoms with Crippen molar-refractivity contribution in [1.82, 2.24) is 19.6 Å². The van der Waals surface area contributed by atoms with Crippen LogP contribution in [0.25, 0.3) is 16.9 Å². The first-order valence-electron chi connectivity index (χ1n) is 10.2. The van der Waals surface area contributed by atoms with Gasteiger partial charge in [-0.05, 0) is 37.1 Å². The fourth-order valence-corrected chi connectivity index (χ4v) is 4.00. The van der Waals surface area contributed by atoms with Crippen molar-refractivity contribution in [3.05, 3.63) is 77.4 Å². The Morgan fingerprint density at radius 2 is 1.76 bits per heavy atom. The van der Waals surface area contributed by atoms with Crippen LogP contribution in [-0.2, 0) is 16.2 Å². The molecule has 2 N–H and O–H groups in total. The van der Waals surface area contributed by atoms with Gasteiger partial charge in [-0.2, -0.15) is 18.3 Å². The summed E-state index contributed by atoms with van der Waals surface area (Å²) in [5.41, 5.74) is 2.52. The molecule has 0 amide bonds. The van der Waals surface area contributed by atoms with Crippen LogP contribution in [0, 0.1) is 11.8 Å². The number of fused-ring (bicyclic) bond motifs is 1. The van der Waals surface area contributed by atoms with Gasteiger partial charge in [-0.1, -0.05) is 24.0 Å². The van der Waals surface area contributed by atoms with Crippen molar-refractivity contribution in [2.24, 2.45) is 5.14 Å². The van der Waals surface area contributed by atoms with Crippen molar-refractivity contribution < 1.29 is 21.6 Å². The molecule has 1 saturated carbocycles. The molecule has 1 fully saturated rings. The average molecular weight is 483 g/mol. The molecule has 172 valence electrons. The number of aromatic nitrogens is 4. The zero-order valence-electron chi connectivity index (χ0n) is 17.4. The second kappa shape index (κ2) is 7.93. The van der Waals surface area contributed by atoms with Gasteiger partial charge in [0.2, 0.25) is 10.0 Å². The summed E-state index contributed by atoms with van der Waals surface area (Å²) in [6.45, 7) is 0. The van der Waals surface area contributed by atoms with Crippen molar-refractivity contribution >= 4 is 15.7 Å². The SMILES string of the molecule is NS(=O)(=O)c1cncc(C#Cc2cnn3c(C4CC4)cc(-c4ccc(C(F)(F)F)cc4)nc23)c1. The van der Waals surface area contributed by atoms with E-state index < -0.39 is 21.8 Å². The molecule has 7 nitrogen and oxygen atoms in total. The smallest absolute Gasteiger partial charge is 0.262 e. The predicted molar refractivity (Wildman–Crippen MR) is 117 cm³/mol. The molecule has 0 saturated heterocycles. The minimum Gasteiger partial charge on any atom is -0.262 e. The molecule has 1 aromatic carbocycles. The van der Waals surface area contributed by atoms with Crippen LogP contribution in [-0.4, -0.2) is 28.0 Å². The van der Waals surface area contributed by atoms with Crippen LogP contribution in [0.4, 0.5) is 13.2 Å². The standard InChI is InChI=1S/C23H16F3N5O2S/c24-23(25,26)18-7-5-15(6-8-18)20-10-21(16-3-4-16)31-22(30-20)17(12-29-31)2-1-14-9-19(13-28-11-14)34(27,32)33/h5-13,16H,3-4H2,(H2,27,32,33). The molecule has 0 bridgehead atoms. The van der Waals surface area contributed by atoms with Gasteiger partial charge in [0.25, 0.3) is 0 Å². The van der Waals surface area contributed by atoms with Gasteiger partial charge < -0.3 is 0 Å². The van der Waals surface area contributed by atoms with E-state index in [-0.39, 0.29) is 10.8 Å². The van der Waals surface area contributed by atoms with E-state index >= 15 is 0 Å². The van der Waals surface area contributed by atoms with Gasteiger partial charge in [-0.15, -0.1) is 0 Å². The maximum Gasteiger partial charge on any atom is 0.416 e. The number of nitrogens with zero attached hydrogens (tertiary/aromatic N) is 4. The molecule has 3 heterocycles. The predicted octanol–water partition coefficient (Wildman–Crippen LogP) is 3.73. The van der Waals surface area contributed by atoms with Crippen LogP contribution < -0.4 is 5.14 Å². The fraction of sp³-hybridized carbons (Fsp3) is 0.174. The number of alkyl halides is 3. The number of primary sulfonamides is 1. The summed E-state index contributed by atoms with van der Waals surface area (Å²) in [6.07, 6.45) is 1.64. The van der Waals surface area contributed by atoms with Gasteiger partial charge in [-0.3, -0.25) is 4.98 Å². The Labute approximate surface area is 192 Å². The first kappa shape index (κ1) is 22.1. The molecule has 0 atom stereocenters. The summed E-state index contributed by atoms with van der Waals surface area (Å²) < 4.78 is 63.6. The lowest BCUT2D eigenvalue weighted by Crippen LogP contribution is -2.12. The van der Waals surface area contributed by atoms with Gasteiger partial charge in [-0.25, -0.2) is 23.1 Å². The molecule has 11 heteroatoms. The van der Waals surface area contributed by atoms with Gasteiger partial charge >= 0.3 is 6.18 Å². The Balaban J connectivity index is 1.58. The van der Waals surface area contributed by atoms with E-state index in [1.807, 2.05) is 6.07 Å². The van der Waals surface area contributed by atoms with E-state index in [1.165, 1.54) is 24.4 Å². The highest BCUT2D eigenvalue weighted by molar-refractivity contribution is 7.89. The van der Waals surface area contributed by atoms with Crippen molar-refractivity contribution in [1.29, 1.82) is 0 Å². The zero-order chi connectivity index (χ0) is 24.1. The van der Waals surface area contributed by atoms with E-state index in [4.69, 9.17) is 5.14 Å². The van der Waals surface area contributed by atoms with E-state index in [1.54, 1.807) is 10.7 Å². The largest absolute Gasteiger partial charge is 0.416 e. The minimum atomic E-state index is -4.42. The monoisotopic (exact) mass is 483 g/mol. The summed E-state index contributed by atoms with van der Waals surface area (Å²) in [5, 5.41) is 9.55. The summed E-state index contributed by atoms with van der Waals surface area (Å²) in [6, 6.07) is 8.00. The Morgan fingerprint density at radius 3 is 2.41 bits per heavy atom. The number of hydrogen-bond donors (Lipinski definition) is 1. The number of pyridine rings is 1. The zero-order valence-corrected chi connectivity index (χ0v) is 18.2. The van der Waals surface area contributed by atoms with E-state index in [0.29, 0.717) is 28.0 Å². The van der Waals surface area contributed by atoms with Gasteiger partial charge in [0.15, 0.2) is 5.65 Å². The maximum atomic E-state index is 12.9. The summed E-state index contributed by atoms with van der Waals surface area (Å²) in [4.78, 5) is 8.33. The number of hydrogen-bond acceptors (Lipinski definition) is 5. The quantitative estimate of drug-likeness (QED) is 0.447. The van der Waals surface area contributed by atoms with Crippen LogP contribution in [0.15, 0.2) is 59.9 Å². The van der Waals surface area contributed by atoms with Crippen molar-refractivity contribution in [3.8, 4) is 23.1 Å². The van der Waals surface area contributed by atoms with E-state index in [0.717, 1.165) is 36.9 Å². The number of benzene rings is 1. The van der Waals surface area contributed by atoms with Gasteiger partial charge in [0.05, 0.1) is 23.0 Å². The highest BCUT2D eigenvalue weighted by atomic mass is 32.2. The van der Waals surface area contributed by atoms with Crippen LogP contribution in [0.5, 0.6) is 0 Å². The lowest BCUT2D eigenvalue weighted by molar-refractivity contribution is -0.137. The van der Waals surface area contributed by atoms with Crippen molar-refractivity contribution in [3.63, 3.8) is 0 Å². The van der Waals surface area contributed by atoms with Crippen molar-refractivity contribution in [2.45, 2.75) is 29.8 Å². The Morgan fingerprint density at radius 1 is 1.03 bits per heavy atom. The first-order chi connectivity index (χ1) is 16.1. The second-order valence-corrected chi connectivity index (χ2v) is 9.48. The minimum absolute atomic E-state index is 0.155. The third kappa shape index (κ3) is 4.37. The topological polar surface area (TPSA) is 103 Å². The average Bonchev–Trinajstić information content (AvgIpc) is 3.56. The lowest BCUT2D eigenvalue weighted by Gasteiger charge is -2.10. The lowest BCUT2D eigenvalue weighted by atomic mass is 10.1. The molecular formula is C23H16F3N5O2S. The third-order valence-corrected chi connectivity index (χ3v) is 6.27. The summed E-state index contributed by atoms with van der Waals surface area (Å²) in [5.74, 6) is 6.07. The Hall–Kier alpha value is -3.75. The van der Waals surface area contributed by atoms with Crippen LogP contribution in [0.2, 0.25) is 0 Å². The summed E-state index contributed by atoms with van der Waals surface area (Å²) >= 11 is 0. The van der Waals surface area contributed by atoms with E-state index in [2.05, 4.69) is 26.9 Å². The molecule has 0 unspecified atom stereocenters. The van der Waals surface area contributed by atoms with Gasteiger partial charge in [0.1, 0.15) is 4.90 Å². The molecule has 1 aliphatic rings. The number of sulfonamides is 1. The third-order valence-electron chi connectivity index (χ3n) is 5.39. The first-order valence-corrected chi connectivity index (χ1v) is 11.7. The molecule has 0 radical (unpaired) electrons. The van der Waals surface area contributed by atoms with E-state index in [9.17, 15) is 21.6 Å². The van der Waals surface area contributed by atoms with Crippen LogP contribution in [0.1, 0.15) is 41.1 Å². The molecule has 0 aliphatic heterocycles. The molecular weight excluding hydrogens is 467 g/mol. The molecule has 3 aromatic heterocycles. The molecule has 5 rings (SSSR count). The van der Waals surface area contributed by atoms with Crippen molar-refractivity contribution in [2.75, 3.05) is 0 Å². The number of halogens is 3. The normalized spacial score (nSPS) is 14.1. The molecule has 0 spiro atoms. The second-order valence-electron chi connectivity index (χ2n) is 7.91. The van der Waals surface area contributed by atoms with Crippen LogP contribution >= 0.6 is 0 Å². The Kier molecular flexibility index (Phi) is 5.15.